The highest BCUT2D eigenvalue weighted by Gasteiger charge is 2.12. The number of rotatable bonds is 4. The summed E-state index contributed by atoms with van der Waals surface area (Å²) in [6.45, 7) is 2.05. The molecule has 0 saturated carbocycles. The van der Waals surface area contributed by atoms with E-state index < -0.39 is 11.9 Å². The van der Waals surface area contributed by atoms with Crippen LogP contribution in [0.25, 0.3) is 0 Å². The molecule has 1 heterocycles. The second-order valence-corrected chi connectivity index (χ2v) is 4.73. The maximum Gasteiger partial charge on any atom is 0.205 e. The molecule has 1 aromatic heterocycles. The van der Waals surface area contributed by atoms with Crippen LogP contribution in [-0.4, -0.2) is 21.8 Å². The van der Waals surface area contributed by atoms with E-state index in [1.807, 2.05) is 6.92 Å². The van der Waals surface area contributed by atoms with E-state index in [9.17, 15) is 9.50 Å². The lowest BCUT2D eigenvalue weighted by Gasteiger charge is -2.11. The van der Waals surface area contributed by atoms with E-state index in [-0.39, 0.29) is 12.1 Å². The van der Waals surface area contributed by atoms with Crippen LogP contribution in [0.2, 0.25) is 0 Å². The molecule has 0 saturated heterocycles. The van der Waals surface area contributed by atoms with Crippen molar-refractivity contribution in [1.29, 1.82) is 0 Å². The van der Waals surface area contributed by atoms with E-state index in [0.29, 0.717) is 5.13 Å². The number of aliphatic hydroxyl groups excluding tert-OH is 1. The highest BCUT2D eigenvalue weighted by Crippen LogP contribution is 2.19. The molecule has 1 unspecified atom stereocenters. The second kappa shape index (κ2) is 5.20. The molecule has 0 amide bonds. The molecule has 2 rings (SSSR count). The lowest BCUT2D eigenvalue weighted by atomic mass is 10.1. The standard InChI is InChI=1S/C11H12FN3OS/c1-7-14-15-11(17-7)13-6-10(16)8-4-2-3-5-9(8)12/h2-5,10,16H,6H2,1H3,(H,13,15). The Morgan fingerprint density at radius 2 is 2.18 bits per heavy atom. The maximum absolute atomic E-state index is 13.4. The number of hydrogen-bond acceptors (Lipinski definition) is 5. The van der Waals surface area contributed by atoms with Crippen molar-refractivity contribution < 1.29 is 9.50 Å². The van der Waals surface area contributed by atoms with E-state index in [4.69, 9.17) is 0 Å². The first kappa shape index (κ1) is 11.9. The van der Waals surface area contributed by atoms with Crippen LogP contribution >= 0.6 is 11.3 Å². The number of halogens is 1. The van der Waals surface area contributed by atoms with Crippen LogP contribution in [0.1, 0.15) is 16.7 Å². The van der Waals surface area contributed by atoms with Crippen LogP contribution in [0.5, 0.6) is 0 Å². The first-order valence-electron chi connectivity index (χ1n) is 5.13. The Kier molecular flexibility index (Phi) is 3.65. The van der Waals surface area contributed by atoms with Gasteiger partial charge in [0.15, 0.2) is 0 Å². The number of benzene rings is 1. The summed E-state index contributed by atoms with van der Waals surface area (Å²) in [6, 6.07) is 6.17. The molecule has 4 nitrogen and oxygen atoms in total. The average molecular weight is 253 g/mol. The number of aliphatic hydroxyl groups is 1. The molecule has 0 radical (unpaired) electrons. The minimum Gasteiger partial charge on any atom is -0.386 e. The Labute approximate surface area is 102 Å². The fourth-order valence-corrected chi connectivity index (χ4v) is 2.01. The van der Waals surface area contributed by atoms with Crippen molar-refractivity contribution in [2.75, 3.05) is 11.9 Å². The predicted molar refractivity (Wildman–Crippen MR) is 64.5 cm³/mol. The van der Waals surface area contributed by atoms with Gasteiger partial charge in [-0.2, -0.15) is 0 Å². The molecule has 90 valence electrons. The summed E-state index contributed by atoms with van der Waals surface area (Å²) in [5.74, 6) is -0.407. The number of nitrogens with one attached hydrogen (secondary N) is 1. The Morgan fingerprint density at radius 3 is 2.82 bits per heavy atom. The van der Waals surface area contributed by atoms with Crippen LogP contribution in [0.4, 0.5) is 9.52 Å². The summed E-state index contributed by atoms with van der Waals surface area (Å²) < 4.78 is 13.4. The van der Waals surface area contributed by atoms with Crippen molar-refractivity contribution in [3.05, 3.63) is 40.7 Å². The quantitative estimate of drug-likeness (QED) is 0.876. The molecule has 0 bridgehead atoms. The molecule has 0 aliphatic carbocycles. The van der Waals surface area contributed by atoms with Gasteiger partial charge in [0.05, 0.1) is 6.10 Å². The van der Waals surface area contributed by atoms with Crippen molar-refractivity contribution in [2.45, 2.75) is 13.0 Å². The van der Waals surface area contributed by atoms with E-state index >= 15 is 0 Å². The first-order chi connectivity index (χ1) is 8.16. The number of anilines is 1. The second-order valence-electron chi connectivity index (χ2n) is 3.54. The Bertz CT molecular complexity index is 503. The van der Waals surface area contributed by atoms with Gasteiger partial charge in [0.2, 0.25) is 5.13 Å². The number of nitrogens with zero attached hydrogens (tertiary/aromatic N) is 2. The van der Waals surface area contributed by atoms with Gasteiger partial charge >= 0.3 is 0 Å². The Morgan fingerprint density at radius 1 is 1.41 bits per heavy atom. The molecule has 17 heavy (non-hydrogen) atoms. The smallest absolute Gasteiger partial charge is 0.205 e. The van der Waals surface area contributed by atoms with Crippen molar-refractivity contribution in [2.24, 2.45) is 0 Å². The van der Waals surface area contributed by atoms with Gasteiger partial charge < -0.3 is 10.4 Å². The van der Waals surface area contributed by atoms with Crippen LogP contribution in [-0.2, 0) is 0 Å². The van der Waals surface area contributed by atoms with E-state index in [1.165, 1.54) is 17.4 Å². The minimum atomic E-state index is -0.902. The van der Waals surface area contributed by atoms with Crippen LogP contribution in [0, 0.1) is 12.7 Å². The summed E-state index contributed by atoms with van der Waals surface area (Å²) in [5, 5.41) is 21.9. The third kappa shape index (κ3) is 2.98. The van der Waals surface area contributed by atoms with Crippen LogP contribution in [0.15, 0.2) is 24.3 Å². The van der Waals surface area contributed by atoms with Crippen LogP contribution in [0.3, 0.4) is 0 Å². The lowest BCUT2D eigenvalue weighted by Crippen LogP contribution is -2.13. The number of hydrogen-bond donors (Lipinski definition) is 2. The van der Waals surface area contributed by atoms with E-state index in [1.54, 1.807) is 18.2 Å². The fourth-order valence-electron chi connectivity index (χ4n) is 1.41. The first-order valence-corrected chi connectivity index (χ1v) is 5.95. The average Bonchev–Trinajstić information content (AvgIpc) is 2.73. The number of aromatic nitrogens is 2. The SMILES string of the molecule is Cc1nnc(NCC(O)c2ccccc2F)s1. The third-order valence-electron chi connectivity index (χ3n) is 2.24. The molecule has 2 N–H and O–H groups in total. The van der Waals surface area contributed by atoms with Gasteiger partial charge in [-0.05, 0) is 13.0 Å². The highest BCUT2D eigenvalue weighted by atomic mass is 32.1. The summed E-state index contributed by atoms with van der Waals surface area (Å²) in [5.41, 5.74) is 0.279. The molecule has 1 atom stereocenters. The monoisotopic (exact) mass is 253 g/mol. The van der Waals surface area contributed by atoms with E-state index in [2.05, 4.69) is 15.5 Å². The lowest BCUT2D eigenvalue weighted by molar-refractivity contribution is 0.186. The molecule has 0 spiro atoms. The highest BCUT2D eigenvalue weighted by molar-refractivity contribution is 7.15. The van der Waals surface area contributed by atoms with Crippen molar-refractivity contribution >= 4 is 16.5 Å². The zero-order valence-corrected chi connectivity index (χ0v) is 10.0. The zero-order chi connectivity index (χ0) is 12.3. The summed E-state index contributed by atoms with van der Waals surface area (Å²) in [4.78, 5) is 0. The molecule has 0 fully saturated rings. The molecule has 0 aliphatic rings. The van der Waals surface area contributed by atoms with Gasteiger partial charge in [0, 0.05) is 12.1 Å². The Balaban J connectivity index is 1.98. The maximum atomic E-state index is 13.4. The Hall–Kier alpha value is -1.53. The van der Waals surface area contributed by atoms with Gasteiger partial charge in [-0.3, -0.25) is 0 Å². The van der Waals surface area contributed by atoms with Crippen molar-refractivity contribution in [3.63, 3.8) is 0 Å². The minimum absolute atomic E-state index is 0.204. The van der Waals surface area contributed by atoms with Crippen LogP contribution < -0.4 is 5.32 Å². The largest absolute Gasteiger partial charge is 0.386 e. The van der Waals surface area contributed by atoms with Crippen molar-refractivity contribution in [1.82, 2.24) is 10.2 Å². The normalized spacial score (nSPS) is 12.4. The molecule has 1 aromatic carbocycles. The van der Waals surface area contributed by atoms with Gasteiger partial charge in [0.1, 0.15) is 10.8 Å². The predicted octanol–water partition coefficient (Wildman–Crippen LogP) is 2.13. The summed E-state index contributed by atoms with van der Waals surface area (Å²) in [7, 11) is 0. The summed E-state index contributed by atoms with van der Waals surface area (Å²) >= 11 is 1.39. The van der Waals surface area contributed by atoms with E-state index in [0.717, 1.165) is 5.01 Å². The molecular formula is C11H12FN3OS. The topological polar surface area (TPSA) is 58.0 Å². The fraction of sp³-hybridized carbons (Fsp3) is 0.273. The zero-order valence-electron chi connectivity index (χ0n) is 9.22. The van der Waals surface area contributed by atoms with Crippen molar-refractivity contribution in [3.8, 4) is 0 Å². The van der Waals surface area contributed by atoms with Gasteiger partial charge in [-0.25, -0.2) is 4.39 Å². The van der Waals surface area contributed by atoms with Gasteiger partial charge in [-0.15, -0.1) is 10.2 Å². The third-order valence-corrected chi connectivity index (χ3v) is 3.03. The molecule has 6 heteroatoms. The number of aryl methyl sites for hydroxylation is 1. The molecular weight excluding hydrogens is 241 g/mol. The molecule has 0 aliphatic heterocycles. The molecule has 2 aromatic rings. The van der Waals surface area contributed by atoms with Gasteiger partial charge in [-0.1, -0.05) is 29.5 Å². The van der Waals surface area contributed by atoms with Gasteiger partial charge in [0.25, 0.3) is 0 Å². The summed E-state index contributed by atoms with van der Waals surface area (Å²) in [6.07, 6.45) is -0.902.